The first kappa shape index (κ1) is 24.5. The second-order valence-electron chi connectivity index (χ2n) is 9.77. The second-order valence-corrected chi connectivity index (χ2v) is 9.77. The zero-order chi connectivity index (χ0) is 26.2. The van der Waals surface area contributed by atoms with Crippen LogP contribution in [0.1, 0.15) is 33.6 Å². The molecule has 3 heterocycles. The fraction of sp³-hybridized carbons (Fsp3) is 0.286. The number of aliphatic hydroxyl groups is 1. The molecule has 0 aliphatic carbocycles. The van der Waals surface area contributed by atoms with Crippen molar-refractivity contribution < 1.29 is 14.7 Å². The van der Waals surface area contributed by atoms with Crippen LogP contribution in [0.4, 0.5) is 0 Å². The zero-order valence-corrected chi connectivity index (χ0v) is 20.9. The number of fused-ring (bicyclic) bond motifs is 1. The van der Waals surface area contributed by atoms with Gasteiger partial charge in [0.1, 0.15) is 11.8 Å². The number of piperidine rings is 1. The molecule has 0 spiro atoms. The lowest BCUT2D eigenvalue weighted by Crippen LogP contribution is -2.49. The Kier molecular flexibility index (Phi) is 6.39. The summed E-state index contributed by atoms with van der Waals surface area (Å²) in [6.07, 6.45) is 3.89. The number of hydrogen-bond donors (Lipinski definition) is 1. The molecule has 9 nitrogen and oxygen atoms in total. The Balaban J connectivity index is 1.22. The predicted octanol–water partition coefficient (Wildman–Crippen LogP) is 2.53. The third-order valence-electron chi connectivity index (χ3n) is 6.97. The van der Waals surface area contributed by atoms with Crippen LogP contribution in [0.5, 0.6) is 0 Å². The molecular formula is C28H29N5O4. The fourth-order valence-electron chi connectivity index (χ4n) is 4.73. The highest BCUT2D eigenvalue weighted by atomic mass is 16.3. The minimum atomic E-state index is -1.09. The van der Waals surface area contributed by atoms with Gasteiger partial charge in [-0.1, -0.05) is 24.3 Å². The molecule has 5 rings (SSSR count). The molecule has 1 aliphatic rings. The van der Waals surface area contributed by atoms with E-state index in [1.165, 1.54) is 20.3 Å². The van der Waals surface area contributed by atoms with Crippen LogP contribution in [0.2, 0.25) is 0 Å². The molecule has 2 amide bonds. The summed E-state index contributed by atoms with van der Waals surface area (Å²) >= 11 is 0. The standard InChI is InChI=1S/C28H29N5O4/c1-30(2)25(34)22-9-5-20(6-10-22)21-7-11-23(12-8-21)26(35)31-16-13-28(37,14-17-31)18-32-19-29-33-15-3-4-24(33)27(32)36/h3-12,15,19,37H,13-14,16-18H2,1-2H3. The number of aromatic nitrogens is 3. The molecule has 1 N–H and O–H groups in total. The van der Waals surface area contributed by atoms with Crippen LogP contribution in [-0.4, -0.2) is 73.7 Å². The van der Waals surface area contributed by atoms with E-state index in [1.54, 1.807) is 61.6 Å². The van der Waals surface area contributed by atoms with Crippen LogP contribution in [0.15, 0.2) is 78.0 Å². The minimum Gasteiger partial charge on any atom is -0.388 e. The summed E-state index contributed by atoms with van der Waals surface area (Å²) < 4.78 is 2.95. The van der Waals surface area contributed by atoms with Gasteiger partial charge in [0.05, 0.1) is 12.1 Å². The van der Waals surface area contributed by atoms with Gasteiger partial charge < -0.3 is 14.9 Å². The van der Waals surface area contributed by atoms with Gasteiger partial charge in [0.2, 0.25) is 0 Å². The predicted molar refractivity (Wildman–Crippen MR) is 139 cm³/mol. The lowest BCUT2D eigenvalue weighted by molar-refractivity contribution is -0.0300. The van der Waals surface area contributed by atoms with Crippen LogP contribution in [0.25, 0.3) is 16.6 Å². The number of benzene rings is 2. The van der Waals surface area contributed by atoms with E-state index >= 15 is 0 Å². The molecule has 37 heavy (non-hydrogen) atoms. The first-order valence-corrected chi connectivity index (χ1v) is 12.2. The molecule has 190 valence electrons. The van der Waals surface area contributed by atoms with Crippen molar-refractivity contribution in [3.8, 4) is 11.1 Å². The van der Waals surface area contributed by atoms with E-state index in [0.29, 0.717) is 42.6 Å². The van der Waals surface area contributed by atoms with Crippen molar-refractivity contribution in [2.45, 2.75) is 25.0 Å². The van der Waals surface area contributed by atoms with E-state index < -0.39 is 5.60 Å². The second kappa shape index (κ2) is 9.67. The summed E-state index contributed by atoms with van der Waals surface area (Å²) in [7, 11) is 3.44. The molecule has 0 radical (unpaired) electrons. The van der Waals surface area contributed by atoms with Crippen LogP contribution in [-0.2, 0) is 6.54 Å². The molecule has 4 aromatic rings. The summed E-state index contributed by atoms with van der Waals surface area (Å²) in [5.74, 6) is -0.138. The van der Waals surface area contributed by atoms with E-state index in [4.69, 9.17) is 0 Å². The lowest BCUT2D eigenvalue weighted by atomic mass is 9.90. The summed E-state index contributed by atoms with van der Waals surface area (Å²) in [5.41, 5.74) is 2.28. The average molecular weight is 500 g/mol. The number of amides is 2. The van der Waals surface area contributed by atoms with Crippen LogP contribution in [0.3, 0.4) is 0 Å². The summed E-state index contributed by atoms with van der Waals surface area (Å²) in [5, 5.41) is 15.3. The Labute approximate surface area is 214 Å². The van der Waals surface area contributed by atoms with Gasteiger partial charge in [-0.25, -0.2) is 4.52 Å². The lowest BCUT2D eigenvalue weighted by Gasteiger charge is -2.38. The monoisotopic (exact) mass is 499 g/mol. The highest BCUT2D eigenvalue weighted by Gasteiger charge is 2.35. The number of carbonyl (C=O) groups is 2. The Hall–Kier alpha value is -4.24. The molecule has 0 unspecified atom stereocenters. The molecule has 0 atom stereocenters. The van der Waals surface area contributed by atoms with Crippen molar-refractivity contribution in [3.63, 3.8) is 0 Å². The molecule has 9 heteroatoms. The van der Waals surface area contributed by atoms with Gasteiger partial charge in [-0.05, 0) is 60.4 Å². The first-order chi connectivity index (χ1) is 17.7. The smallest absolute Gasteiger partial charge is 0.277 e. The van der Waals surface area contributed by atoms with Crippen LogP contribution in [0, 0.1) is 0 Å². The van der Waals surface area contributed by atoms with E-state index in [0.717, 1.165) is 11.1 Å². The molecule has 0 bridgehead atoms. The Morgan fingerprint density at radius 2 is 1.54 bits per heavy atom. The molecular weight excluding hydrogens is 470 g/mol. The third-order valence-corrected chi connectivity index (χ3v) is 6.97. The van der Waals surface area contributed by atoms with Crippen molar-refractivity contribution >= 4 is 17.3 Å². The van der Waals surface area contributed by atoms with E-state index in [1.807, 2.05) is 24.3 Å². The number of hydrogen-bond acceptors (Lipinski definition) is 5. The molecule has 1 saturated heterocycles. The van der Waals surface area contributed by atoms with Gasteiger partial charge in [-0.15, -0.1) is 0 Å². The van der Waals surface area contributed by atoms with Crippen LogP contribution >= 0.6 is 0 Å². The summed E-state index contributed by atoms with van der Waals surface area (Å²) in [4.78, 5) is 41.2. The number of nitrogens with zero attached hydrogens (tertiary/aromatic N) is 5. The average Bonchev–Trinajstić information content (AvgIpc) is 3.40. The Bertz CT molecular complexity index is 1490. The molecule has 1 aliphatic heterocycles. The SMILES string of the molecule is CN(C)C(=O)c1ccc(-c2ccc(C(=O)N3CCC(O)(Cn4cnn5cccc5c4=O)CC3)cc2)cc1. The minimum absolute atomic E-state index is 0.0493. The van der Waals surface area contributed by atoms with Crippen molar-refractivity contribution in [1.29, 1.82) is 0 Å². The molecule has 2 aromatic heterocycles. The van der Waals surface area contributed by atoms with Gasteiger partial charge in [0.25, 0.3) is 17.4 Å². The molecule has 1 fully saturated rings. The highest BCUT2D eigenvalue weighted by molar-refractivity contribution is 5.95. The highest BCUT2D eigenvalue weighted by Crippen LogP contribution is 2.26. The van der Waals surface area contributed by atoms with Crippen molar-refractivity contribution in [2.75, 3.05) is 27.2 Å². The van der Waals surface area contributed by atoms with Gasteiger partial charge in [-0.3, -0.25) is 19.0 Å². The Morgan fingerprint density at radius 3 is 2.14 bits per heavy atom. The van der Waals surface area contributed by atoms with Gasteiger partial charge in [0.15, 0.2) is 0 Å². The number of likely N-dealkylation sites (tertiary alicyclic amines) is 1. The molecule has 2 aromatic carbocycles. The van der Waals surface area contributed by atoms with E-state index in [9.17, 15) is 19.5 Å². The van der Waals surface area contributed by atoms with E-state index in [-0.39, 0.29) is 23.9 Å². The quantitative estimate of drug-likeness (QED) is 0.455. The number of carbonyl (C=O) groups excluding carboxylic acids is 2. The van der Waals surface area contributed by atoms with Crippen molar-refractivity contribution in [3.05, 3.63) is 94.7 Å². The number of rotatable bonds is 5. The van der Waals surface area contributed by atoms with Crippen LogP contribution < -0.4 is 5.56 Å². The first-order valence-electron chi connectivity index (χ1n) is 12.2. The topological polar surface area (TPSA) is 100 Å². The van der Waals surface area contributed by atoms with Gasteiger partial charge in [-0.2, -0.15) is 5.10 Å². The summed E-state index contributed by atoms with van der Waals surface area (Å²) in [6.45, 7) is 0.929. The third kappa shape index (κ3) is 4.90. The summed E-state index contributed by atoms with van der Waals surface area (Å²) in [6, 6.07) is 18.2. The maximum atomic E-state index is 13.1. The maximum Gasteiger partial charge on any atom is 0.277 e. The Morgan fingerprint density at radius 1 is 0.946 bits per heavy atom. The van der Waals surface area contributed by atoms with Gasteiger partial charge in [0, 0.05) is 44.5 Å². The van der Waals surface area contributed by atoms with E-state index in [2.05, 4.69) is 5.10 Å². The largest absolute Gasteiger partial charge is 0.388 e. The van der Waals surface area contributed by atoms with Crippen molar-refractivity contribution in [2.24, 2.45) is 0 Å². The van der Waals surface area contributed by atoms with Crippen molar-refractivity contribution in [1.82, 2.24) is 24.0 Å². The zero-order valence-electron chi connectivity index (χ0n) is 20.9. The molecule has 0 saturated carbocycles. The van der Waals surface area contributed by atoms with Gasteiger partial charge >= 0.3 is 0 Å². The maximum absolute atomic E-state index is 13.1. The fourth-order valence-corrected chi connectivity index (χ4v) is 4.73. The normalized spacial score (nSPS) is 15.1.